The molecular weight excluding hydrogens is 943 g/mol. The predicted molar refractivity (Wildman–Crippen MR) is 269 cm³/mol. The molecule has 0 unspecified atom stereocenters. The molecule has 410 valence electrons. The molecule has 4 aliphatic rings. The highest BCUT2D eigenvalue weighted by atomic mass is 16.7. The van der Waals surface area contributed by atoms with Crippen LogP contribution in [0.3, 0.4) is 0 Å². The van der Waals surface area contributed by atoms with Crippen LogP contribution in [-0.4, -0.2) is 174 Å². The number of hydrogen-bond donors (Lipinski definition) is 0. The summed E-state index contributed by atoms with van der Waals surface area (Å²) in [6.07, 6.45) is 2.29. The molecular formula is C54H85N5O14. The second-order valence-corrected chi connectivity index (χ2v) is 21.9. The van der Waals surface area contributed by atoms with E-state index in [1.165, 1.54) is 6.92 Å². The smallest absolute Gasteiger partial charge is 0.410 e. The first-order chi connectivity index (χ1) is 34.4. The number of imidazole rings is 1. The molecule has 0 spiro atoms. The number of hydrogen-bond acceptors (Lipinski definition) is 17. The molecule has 4 aliphatic heterocycles. The molecule has 0 aromatic carbocycles. The van der Waals surface area contributed by atoms with Gasteiger partial charge >= 0.3 is 18.0 Å². The van der Waals surface area contributed by atoms with E-state index in [9.17, 15) is 9.59 Å². The average molecular weight is 1030 g/mol. The summed E-state index contributed by atoms with van der Waals surface area (Å²) in [5.41, 5.74) is -1.97. The van der Waals surface area contributed by atoms with E-state index in [0.29, 0.717) is 32.4 Å². The topological polar surface area (TPSA) is 198 Å². The Morgan fingerprint density at radius 2 is 1.58 bits per heavy atom. The molecule has 19 heteroatoms. The van der Waals surface area contributed by atoms with Gasteiger partial charge in [-0.1, -0.05) is 27.7 Å². The van der Waals surface area contributed by atoms with Crippen LogP contribution in [0.5, 0.6) is 0 Å². The lowest BCUT2D eigenvalue weighted by Gasteiger charge is -2.50. The number of ether oxygens (including phenoxy) is 10. The van der Waals surface area contributed by atoms with Crippen LogP contribution in [0.1, 0.15) is 115 Å². The fraction of sp³-hybridized carbons (Fsp3) is 0.778. The molecule has 18 atom stereocenters. The van der Waals surface area contributed by atoms with Crippen molar-refractivity contribution in [3.63, 3.8) is 0 Å². The van der Waals surface area contributed by atoms with Gasteiger partial charge in [0.2, 0.25) is 0 Å². The number of fused-ring (bicyclic) bond motifs is 1. The number of cyclic esters (lactones) is 1. The third-order valence-corrected chi connectivity index (χ3v) is 16.3. The van der Waals surface area contributed by atoms with Gasteiger partial charge in [0.1, 0.15) is 23.6 Å². The number of carbonyl (C=O) groups excluding carboxylic acids is 4. The number of aryl methyl sites for hydroxylation is 1. The molecule has 73 heavy (non-hydrogen) atoms. The van der Waals surface area contributed by atoms with E-state index in [4.69, 9.17) is 47.4 Å². The van der Waals surface area contributed by atoms with Crippen LogP contribution in [0.4, 0.5) is 4.79 Å². The number of unbranched alkanes of at least 4 members (excludes halogenated alkanes) is 1. The van der Waals surface area contributed by atoms with Gasteiger partial charge < -0.3 is 61.7 Å². The van der Waals surface area contributed by atoms with Crippen LogP contribution in [-0.2, 0) is 68.3 Å². The highest BCUT2D eigenvalue weighted by Gasteiger charge is 2.61. The van der Waals surface area contributed by atoms with E-state index in [-0.39, 0.29) is 37.2 Å². The summed E-state index contributed by atoms with van der Waals surface area (Å²) in [4.78, 5) is 69.4. The van der Waals surface area contributed by atoms with Gasteiger partial charge in [0.25, 0.3) is 0 Å². The molecule has 1 amide bonds. The molecule has 19 nitrogen and oxygen atoms in total. The van der Waals surface area contributed by atoms with Crippen molar-refractivity contribution >= 4 is 23.8 Å². The van der Waals surface area contributed by atoms with Crippen LogP contribution in [0.15, 0.2) is 37.1 Å². The minimum atomic E-state index is -1.43. The number of nitrogens with zero attached hydrogens (tertiary/aromatic N) is 5. The summed E-state index contributed by atoms with van der Waals surface area (Å²) < 4.78 is 66.8. The number of amides is 1. The quantitative estimate of drug-likeness (QED) is 0.0958. The van der Waals surface area contributed by atoms with Crippen molar-refractivity contribution in [3.05, 3.63) is 37.1 Å². The number of aromatic nitrogens is 3. The van der Waals surface area contributed by atoms with Crippen LogP contribution >= 0.6 is 0 Å². The molecule has 0 bridgehead atoms. The first-order valence-corrected chi connectivity index (χ1v) is 26.2. The van der Waals surface area contributed by atoms with Crippen LogP contribution in [0.25, 0.3) is 11.3 Å². The minimum Gasteiger partial charge on any atom is -0.458 e. The van der Waals surface area contributed by atoms with Crippen molar-refractivity contribution < 1.29 is 66.5 Å². The summed E-state index contributed by atoms with van der Waals surface area (Å²) >= 11 is 0. The van der Waals surface area contributed by atoms with Gasteiger partial charge in [0.15, 0.2) is 24.3 Å². The Bertz CT molecular complexity index is 2160. The second kappa shape index (κ2) is 24.3. The maximum Gasteiger partial charge on any atom is 0.410 e. The molecule has 0 aliphatic carbocycles. The first kappa shape index (κ1) is 58.2. The van der Waals surface area contributed by atoms with E-state index in [1.807, 2.05) is 85.5 Å². The number of esters is 2. The lowest BCUT2D eigenvalue weighted by molar-refractivity contribution is -0.321. The summed E-state index contributed by atoms with van der Waals surface area (Å²) in [6.45, 7) is 20.8. The number of ketones is 1. The third kappa shape index (κ3) is 12.6. The number of methoxy groups -OCH3 is 3. The van der Waals surface area contributed by atoms with Crippen LogP contribution in [0.2, 0.25) is 0 Å². The van der Waals surface area contributed by atoms with Gasteiger partial charge in [-0.25, -0.2) is 9.78 Å². The summed E-state index contributed by atoms with van der Waals surface area (Å²) in [6, 6.07) is 2.95. The molecule has 4 saturated heterocycles. The maximum absolute atomic E-state index is 15.2. The van der Waals surface area contributed by atoms with E-state index in [1.54, 1.807) is 65.7 Å². The summed E-state index contributed by atoms with van der Waals surface area (Å²) in [7, 11) is 8.74. The van der Waals surface area contributed by atoms with Crippen molar-refractivity contribution in [1.29, 1.82) is 0 Å². The Morgan fingerprint density at radius 3 is 2.19 bits per heavy atom. The van der Waals surface area contributed by atoms with E-state index in [0.717, 1.165) is 11.3 Å². The Kier molecular flexibility index (Phi) is 19.4. The standard InChI is InChI=1S/C54H85N5O14/c1-17-41-54(11)46(59(51(63)73-54)24-19-18-23-58-29-39(56-30-58)38-21-20-22-55-28-38)33(4)43(61)31(2)26-52(9,65-15)47(72-50-45(64-14)40(57(12)13)25-32(3)67-50)34(5)44(35(6)49(62)70-41)71-42-27-53(10,66-16)48(36(7)68-42)69-37(8)60/h20-22,28-36,40-42,44-48,50H,17-19,23-27H2,1-16H3/t31-,32-,33+,34+,35-,36+,40+,41-,42+,44+,45-,46-,47-,48+,50+,52+,53-,54-/m1/s1. The number of carbonyl (C=O) groups is 4. The van der Waals surface area contributed by atoms with Crippen molar-refractivity contribution in [2.45, 2.75) is 205 Å². The van der Waals surface area contributed by atoms with Gasteiger partial charge in [-0.2, -0.15) is 0 Å². The van der Waals surface area contributed by atoms with E-state index >= 15 is 9.59 Å². The van der Waals surface area contributed by atoms with E-state index < -0.39 is 114 Å². The Morgan fingerprint density at radius 1 is 0.890 bits per heavy atom. The normalized spacial score (nSPS) is 38.9. The second-order valence-electron chi connectivity index (χ2n) is 21.9. The zero-order chi connectivity index (χ0) is 53.7. The molecule has 6 heterocycles. The lowest BCUT2D eigenvalue weighted by Crippen LogP contribution is -2.62. The van der Waals surface area contributed by atoms with Crippen LogP contribution < -0.4 is 0 Å². The monoisotopic (exact) mass is 1030 g/mol. The van der Waals surface area contributed by atoms with Crippen molar-refractivity contribution in [1.82, 2.24) is 24.3 Å². The van der Waals surface area contributed by atoms with E-state index in [2.05, 4.69) is 14.9 Å². The van der Waals surface area contributed by atoms with Crippen molar-refractivity contribution in [2.24, 2.45) is 23.7 Å². The number of rotatable bonds is 16. The molecule has 6 rings (SSSR count). The Balaban J connectivity index is 1.38. The third-order valence-electron chi connectivity index (χ3n) is 16.3. The van der Waals surface area contributed by atoms with Gasteiger partial charge in [-0.3, -0.25) is 19.4 Å². The zero-order valence-electron chi connectivity index (χ0n) is 46.2. The summed E-state index contributed by atoms with van der Waals surface area (Å²) in [5.74, 6) is -4.31. The molecule has 0 saturated carbocycles. The minimum absolute atomic E-state index is 0.0755. The maximum atomic E-state index is 15.2. The van der Waals surface area contributed by atoms with Crippen molar-refractivity contribution in [3.8, 4) is 11.3 Å². The van der Waals surface area contributed by atoms with Crippen molar-refractivity contribution in [2.75, 3.05) is 42.0 Å². The first-order valence-electron chi connectivity index (χ1n) is 26.2. The summed E-state index contributed by atoms with van der Waals surface area (Å²) in [5, 5.41) is 0. The molecule has 2 aromatic rings. The Hall–Kier alpha value is -4.08. The average Bonchev–Trinajstić information content (AvgIpc) is 3.93. The molecule has 0 radical (unpaired) electrons. The van der Waals surface area contributed by atoms with Crippen LogP contribution in [0, 0.1) is 23.7 Å². The largest absolute Gasteiger partial charge is 0.458 e. The van der Waals surface area contributed by atoms with Gasteiger partial charge in [0, 0.05) is 95.7 Å². The van der Waals surface area contributed by atoms with Gasteiger partial charge in [-0.15, -0.1) is 0 Å². The predicted octanol–water partition coefficient (Wildman–Crippen LogP) is 6.87. The fourth-order valence-electron chi connectivity index (χ4n) is 12.2. The lowest BCUT2D eigenvalue weighted by atomic mass is 9.73. The molecule has 0 N–H and O–H groups in total. The SMILES string of the molecule is CC[C@H]1OC(=O)[C@H](C)[C@@H](O[C@H]2C[C@@](C)(OC)[C@@H](OC(C)=O)[C@H](C)O2)[C@H](C)[C@@H](O[C@@H]2O[C@H](C)C[C@H](N(C)C)[C@H]2OC)[C@@](C)(OC)C[C@@H](C)C(=O)[C@H](C)[C@H]2N(CCCCn3cnc(-c4cccnc4)c3)C(=O)O[C@]12C. The van der Waals surface area contributed by atoms with Gasteiger partial charge in [-0.05, 0) is 99.9 Å². The number of Topliss-reactive ketones (excluding diaryl/α,β-unsaturated/α-hetero) is 1. The fourth-order valence-corrected chi connectivity index (χ4v) is 12.2. The highest BCUT2D eigenvalue weighted by Crippen LogP contribution is 2.45. The van der Waals surface area contributed by atoms with Gasteiger partial charge in [0.05, 0.1) is 54.0 Å². The molecule has 2 aromatic heterocycles. The number of pyridine rings is 1. The number of likely N-dealkylation sites (N-methyl/N-ethyl adjacent to an activating group) is 1. The molecule has 4 fully saturated rings. The Labute approximate surface area is 432 Å². The highest BCUT2D eigenvalue weighted by molar-refractivity contribution is 5.85. The zero-order valence-corrected chi connectivity index (χ0v) is 46.2.